The number of amides is 1. The number of hydrogen-bond acceptors (Lipinski definition) is 4. The molecule has 6 nitrogen and oxygen atoms in total. The number of aromatic nitrogens is 3. The summed E-state index contributed by atoms with van der Waals surface area (Å²) in [4.78, 5) is 25.7. The maximum atomic E-state index is 12.4. The molecule has 0 unspecified atom stereocenters. The normalized spacial score (nSPS) is 11.0. The van der Waals surface area contributed by atoms with Crippen molar-refractivity contribution >= 4 is 28.0 Å². The van der Waals surface area contributed by atoms with E-state index in [2.05, 4.69) is 10.4 Å². The first-order chi connectivity index (χ1) is 13.6. The van der Waals surface area contributed by atoms with Crippen molar-refractivity contribution in [3.05, 3.63) is 76.0 Å². The van der Waals surface area contributed by atoms with Crippen molar-refractivity contribution in [1.29, 1.82) is 0 Å². The van der Waals surface area contributed by atoms with Gasteiger partial charge in [-0.25, -0.2) is 9.48 Å². The van der Waals surface area contributed by atoms with Gasteiger partial charge >= 0.3 is 5.69 Å². The Morgan fingerprint density at radius 2 is 1.93 bits per heavy atom. The largest absolute Gasteiger partial charge is 0.354 e. The Morgan fingerprint density at radius 3 is 2.75 bits per heavy atom. The predicted octanol–water partition coefficient (Wildman–Crippen LogP) is 2.82. The zero-order valence-corrected chi connectivity index (χ0v) is 16.3. The van der Waals surface area contributed by atoms with Gasteiger partial charge in [-0.3, -0.25) is 9.36 Å². The fraction of sp³-hybridized carbons (Fsp3) is 0.190. The molecule has 0 aliphatic carbocycles. The molecule has 4 aromatic rings. The Kier molecular flexibility index (Phi) is 5.08. The van der Waals surface area contributed by atoms with E-state index >= 15 is 0 Å². The number of nitrogens with one attached hydrogen (secondary N) is 1. The molecule has 0 aliphatic rings. The molecule has 2 heterocycles. The molecule has 0 atom stereocenters. The number of benzene rings is 2. The van der Waals surface area contributed by atoms with Gasteiger partial charge in [-0.05, 0) is 27.8 Å². The lowest BCUT2D eigenvalue weighted by molar-refractivity contribution is -0.120. The van der Waals surface area contributed by atoms with Gasteiger partial charge in [0.1, 0.15) is 0 Å². The molecule has 1 N–H and O–H groups in total. The van der Waals surface area contributed by atoms with Gasteiger partial charge in [0.2, 0.25) is 5.91 Å². The number of carbonyl (C=O) groups excluding carboxylic acids is 1. The maximum absolute atomic E-state index is 12.4. The molecule has 0 radical (unpaired) electrons. The molecule has 0 bridgehead atoms. The minimum absolute atomic E-state index is 0.0705. The lowest BCUT2D eigenvalue weighted by atomic mass is 10.0. The molecule has 4 rings (SSSR count). The zero-order valence-electron chi connectivity index (χ0n) is 15.5. The summed E-state index contributed by atoms with van der Waals surface area (Å²) in [6, 6.07) is 17.9. The fourth-order valence-corrected chi connectivity index (χ4v) is 3.98. The molecular formula is C21H20N4O2S. The highest BCUT2D eigenvalue weighted by Gasteiger charge is 2.13. The minimum Gasteiger partial charge on any atom is -0.354 e. The summed E-state index contributed by atoms with van der Waals surface area (Å²) in [5.41, 5.74) is 0.803. The number of nitrogens with zero attached hydrogens (tertiary/aromatic N) is 3. The van der Waals surface area contributed by atoms with Crippen LogP contribution in [0.15, 0.2) is 64.8 Å². The van der Waals surface area contributed by atoms with Gasteiger partial charge in [-0.15, -0.1) is 16.4 Å². The summed E-state index contributed by atoms with van der Waals surface area (Å²) in [5, 5.41) is 11.4. The first-order valence-corrected chi connectivity index (χ1v) is 9.92. The predicted molar refractivity (Wildman–Crippen MR) is 111 cm³/mol. The summed E-state index contributed by atoms with van der Waals surface area (Å²) in [6.45, 7) is 0.684. The minimum atomic E-state index is -0.188. The molecule has 2 aromatic heterocycles. The Balaban J connectivity index is 1.40. The highest BCUT2D eigenvalue weighted by molar-refractivity contribution is 7.13. The second-order valence-electron chi connectivity index (χ2n) is 6.53. The zero-order chi connectivity index (χ0) is 19.5. The second-order valence-corrected chi connectivity index (χ2v) is 7.48. The maximum Gasteiger partial charge on any atom is 0.346 e. The van der Waals surface area contributed by atoms with Gasteiger partial charge in [0.15, 0.2) is 5.82 Å². The van der Waals surface area contributed by atoms with Crippen molar-refractivity contribution in [3.63, 3.8) is 0 Å². The summed E-state index contributed by atoms with van der Waals surface area (Å²) < 4.78 is 2.93. The van der Waals surface area contributed by atoms with Crippen LogP contribution in [-0.4, -0.2) is 26.8 Å². The summed E-state index contributed by atoms with van der Waals surface area (Å²) in [5.74, 6) is 0.570. The number of hydrogen-bond donors (Lipinski definition) is 1. The van der Waals surface area contributed by atoms with Crippen molar-refractivity contribution in [2.75, 3.05) is 6.54 Å². The summed E-state index contributed by atoms with van der Waals surface area (Å²) >= 11 is 1.54. The molecule has 0 fully saturated rings. The fourth-order valence-electron chi connectivity index (χ4n) is 3.24. The van der Waals surface area contributed by atoms with Gasteiger partial charge in [0.25, 0.3) is 0 Å². The van der Waals surface area contributed by atoms with Gasteiger partial charge in [-0.1, -0.05) is 48.5 Å². The number of rotatable bonds is 6. The third-order valence-electron chi connectivity index (χ3n) is 4.66. The molecule has 0 saturated heterocycles. The smallest absolute Gasteiger partial charge is 0.346 e. The molecule has 28 heavy (non-hydrogen) atoms. The van der Waals surface area contributed by atoms with Crippen LogP contribution >= 0.6 is 11.3 Å². The van der Waals surface area contributed by atoms with E-state index in [1.807, 2.05) is 60.0 Å². The van der Waals surface area contributed by atoms with Crippen molar-refractivity contribution in [1.82, 2.24) is 19.7 Å². The highest BCUT2D eigenvalue weighted by Crippen LogP contribution is 2.21. The van der Waals surface area contributed by atoms with Crippen LogP contribution in [0.4, 0.5) is 0 Å². The van der Waals surface area contributed by atoms with Gasteiger partial charge < -0.3 is 5.32 Å². The molecule has 2 aromatic carbocycles. The quantitative estimate of drug-likeness (QED) is 0.549. The molecule has 0 saturated carbocycles. The number of carbonyl (C=O) groups is 1. The Labute approximate surface area is 166 Å². The van der Waals surface area contributed by atoms with Crippen molar-refractivity contribution < 1.29 is 4.79 Å². The lowest BCUT2D eigenvalue weighted by Crippen LogP contribution is -2.32. The van der Waals surface area contributed by atoms with Crippen LogP contribution in [0, 0.1) is 0 Å². The van der Waals surface area contributed by atoms with E-state index in [-0.39, 0.29) is 11.6 Å². The molecular weight excluding hydrogens is 372 g/mol. The SMILES string of the molecule is Cn1c(-c2cccs2)nn(CCNC(=O)Cc2cccc3ccccc23)c1=O. The monoisotopic (exact) mass is 392 g/mol. The second kappa shape index (κ2) is 7.82. The van der Waals surface area contributed by atoms with E-state index in [1.165, 1.54) is 20.6 Å². The first kappa shape index (κ1) is 18.2. The Morgan fingerprint density at radius 1 is 1.11 bits per heavy atom. The third-order valence-corrected chi connectivity index (χ3v) is 5.52. The van der Waals surface area contributed by atoms with Gasteiger partial charge in [0, 0.05) is 13.6 Å². The third kappa shape index (κ3) is 3.61. The Hall–Kier alpha value is -3.19. The van der Waals surface area contributed by atoms with Crippen LogP contribution in [0.3, 0.4) is 0 Å². The van der Waals surface area contributed by atoms with Crippen LogP contribution in [0.2, 0.25) is 0 Å². The van der Waals surface area contributed by atoms with Crippen LogP contribution < -0.4 is 11.0 Å². The Bertz CT molecular complexity index is 1170. The van der Waals surface area contributed by atoms with Crippen LogP contribution in [0.1, 0.15) is 5.56 Å². The average molecular weight is 392 g/mol. The molecule has 0 aliphatic heterocycles. The lowest BCUT2D eigenvalue weighted by Gasteiger charge is -2.08. The van der Waals surface area contributed by atoms with E-state index < -0.39 is 0 Å². The van der Waals surface area contributed by atoms with E-state index in [0.29, 0.717) is 25.3 Å². The van der Waals surface area contributed by atoms with Crippen molar-refractivity contribution in [2.45, 2.75) is 13.0 Å². The van der Waals surface area contributed by atoms with E-state index in [0.717, 1.165) is 21.2 Å². The van der Waals surface area contributed by atoms with Crippen LogP contribution in [-0.2, 0) is 24.8 Å². The van der Waals surface area contributed by atoms with Crippen LogP contribution in [0.5, 0.6) is 0 Å². The first-order valence-electron chi connectivity index (χ1n) is 9.04. The average Bonchev–Trinajstić information content (AvgIpc) is 3.32. The van der Waals surface area contributed by atoms with Crippen LogP contribution in [0.25, 0.3) is 21.5 Å². The van der Waals surface area contributed by atoms with E-state index in [4.69, 9.17) is 0 Å². The molecule has 1 amide bonds. The summed E-state index contributed by atoms with van der Waals surface area (Å²) in [6.07, 6.45) is 0.304. The van der Waals surface area contributed by atoms with Crippen molar-refractivity contribution in [2.24, 2.45) is 7.05 Å². The number of fused-ring (bicyclic) bond motifs is 1. The topological polar surface area (TPSA) is 68.9 Å². The highest BCUT2D eigenvalue weighted by atomic mass is 32.1. The molecule has 0 spiro atoms. The van der Waals surface area contributed by atoms with Gasteiger partial charge in [0.05, 0.1) is 17.8 Å². The van der Waals surface area contributed by atoms with E-state index in [1.54, 1.807) is 7.05 Å². The van der Waals surface area contributed by atoms with Crippen molar-refractivity contribution in [3.8, 4) is 10.7 Å². The number of thiophene rings is 1. The molecule has 7 heteroatoms. The summed E-state index contributed by atoms with van der Waals surface area (Å²) in [7, 11) is 1.71. The molecule has 142 valence electrons. The van der Waals surface area contributed by atoms with Gasteiger partial charge in [-0.2, -0.15) is 0 Å². The van der Waals surface area contributed by atoms with E-state index in [9.17, 15) is 9.59 Å². The standard InChI is InChI=1S/C21H20N4O2S/c1-24-20(18-10-5-13-28-18)23-25(21(24)27)12-11-22-19(26)14-16-8-4-7-15-6-2-3-9-17(15)16/h2-10,13H,11-12,14H2,1H3,(H,22,26).